The van der Waals surface area contributed by atoms with Crippen LogP contribution in [0, 0.1) is 0 Å². The van der Waals surface area contributed by atoms with Crippen LogP contribution in [-0.2, 0) is 9.53 Å². The number of hydrogen-bond donors (Lipinski definition) is 0. The third kappa shape index (κ3) is 2.93. The lowest BCUT2D eigenvalue weighted by Crippen LogP contribution is -2.23. The van der Waals surface area contributed by atoms with Gasteiger partial charge in [0.25, 0.3) is 0 Å². The fraction of sp³-hybridized carbons (Fsp3) is 0.312. The van der Waals surface area contributed by atoms with Gasteiger partial charge in [0.2, 0.25) is 5.78 Å². The van der Waals surface area contributed by atoms with E-state index >= 15 is 0 Å². The van der Waals surface area contributed by atoms with E-state index < -0.39 is 5.25 Å². The van der Waals surface area contributed by atoms with Crippen molar-refractivity contribution in [2.45, 2.75) is 26.0 Å². The maximum atomic E-state index is 12.5. The van der Waals surface area contributed by atoms with Gasteiger partial charge in [-0.2, -0.15) is 0 Å². The standard InChI is InChI=1S/C16H16O4S/c1-4-20-16(19)10(3)21-15-9(2)13(17)11-7-5-6-8-12(11)14(15)18/h5-8,10H,4H2,1-3H3. The Morgan fingerprint density at radius 2 is 1.76 bits per heavy atom. The van der Waals surface area contributed by atoms with Gasteiger partial charge in [0.05, 0.1) is 11.5 Å². The van der Waals surface area contributed by atoms with Gasteiger partial charge in [-0.1, -0.05) is 24.3 Å². The molecule has 0 bridgehead atoms. The lowest BCUT2D eigenvalue weighted by molar-refractivity contribution is -0.142. The van der Waals surface area contributed by atoms with Crippen LogP contribution in [0.2, 0.25) is 0 Å². The highest BCUT2D eigenvalue weighted by Crippen LogP contribution is 2.35. The van der Waals surface area contributed by atoms with E-state index in [4.69, 9.17) is 4.74 Å². The van der Waals surface area contributed by atoms with Crippen LogP contribution in [0.25, 0.3) is 0 Å². The van der Waals surface area contributed by atoms with Crippen molar-refractivity contribution in [1.82, 2.24) is 0 Å². The van der Waals surface area contributed by atoms with Crippen LogP contribution in [0.1, 0.15) is 41.5 Å². The van der Waals surface area contributed by atoms with Gasteiger partial charge in [-0.15, -0.1) is 11.8 Å². The number of carbonyl (C=O) groups is 3. The molecule has 0 saturated heterocycles. The molecule has 5 heteroatoms. The lowest BCUT2D eigenvalue weighted by atomic mass is 9.90. The van der Waals surface area contributed by atoms with Gasteiger partial charge in [-0.25, -0.2) is 0 Å². The molecule has 110 valence electrons. The molecule has 0 amide bonds. The molecule has 0 spiro atoms. The van der Waals surface area contributed by atoms with E-state index in [-0.39, 0.29) is 24.1 Å². The Balaban J connectivity index is 2.32. The van der Waals surface area contributed by atoms with Gasteiger partial charge >= 0.3 is 5.97 Å². The average Bonchev–Trinajstić information content (AvgIpc) is 2.49. The summed E-state index contributed by atoms with van der Waals surface area (Å²) in [4.78, 5) is 36.8. The summed E-state index contributed by atoms with van der Waals surface area (Å²) in [5.74, 6) is -0.755. The largest absolute Gasteiger partial charge is 0.465 e. The second kappa shape index (κ2) is 6.26. The summed E-state index contributed by atoms with van der Waals surface area (Å²) in [7, 11) is 0. The number of esters is 1. The first-order chi connectivity index (χ1) is 9.97. The Morgan fingerprint density at radius 1 is 1.19 bits per heavy atom. The van der Waals surface area contributed by atoms with Gasteiger partial charge in [0.1, 0.15) is 5.25 Å². The molecule has 0 radical (unpaired) electrons. The third-order valence-corrected chi connectivity index (χ3v) is 4.49. The minimum absolute atomic E-state index is 0.163. The molecule has 1 aliphatic rings. The number of thioether (sulfide) groups is 1. The molecule has 0 aliphatic heterocycles. The molecular weight excluding hydrogens is 288 g/mol. The average molecular weight is 304 g/mol. The molecule has 0 saturated carbocycles. The summed E-state index contributed by atoms with van der Waals surface area (Å²) in [5.41, 5.74) is 1.21. The Kier molecular flexibility index (Phi) is 4.63. The number of carbonyl (C=O) groups excluding carboxylic acids is 3. The summed E-state index contributed by atoms with van der Waals surface area (Å²) in [5, 5.41) is -0.531. The number of allylic oxidation sites excluding steroid dienone is 2. The van der Waals surface area contributed by atoms with Gasteiger partial charge in [-0.3, -0.25) is 14.4 Å². The third-order valence-electron chi connectivity index (χ3n) is 3.22. The Labute approximate surface area is 127 Å². The Hall–Kier alpha value is -1.88. The van der Waals surface area contributed by atoms with Crippen molar-refractivity contribution in [2.75, 3.05) is 6.61 Å². The van der Waals surface area contributed by atoms with Crippen molar-refractivity contribution in [1.29, 1.82) is 0 Å². The number of rotatable bonds is 4. The van der Waals surface area contributed by atoms with Crippen molar-refractivity contribution in [3.05, 3.63) is 45.9 Å². The molecule has 1 atom stereocenters. The molecule has 1 aromatic rings. The number of Topliss-reactive ketones (excluding diaryl/α,β-unsaturated/α-hetero) is 2. The van der Waals surface area contributed by atoms with Crippen molar-refractivity contribution < 1.29 is 19.1 Å². The Morgan fingerprint density at radius 3 is 2.33 bits per heavy atom. The minimum Gasteiger partial charge on any atom is -0.465 e. The van der Waals surface area contributed by atoms with Crippen LogP contribution >= 0.6 is 11.8 Å². The fourth-order valence-corrected chi connectivity index (χ4v) is 3.11. The zero-order valence-corrected chi connectivity index (χ0v) is 13.0. The SMILES string of the molecule is CCOC(=O)C(C)SC1=C(C)C(=O)c2ccccc2C1=O. The van der Waals surface area contributed by atoms with E-state index in [1.165, 1.54) is 0 Å². The highest BCUT2D eigenvalue weighted by Gasteiger charge is 2.32. The van der Waals surface area contributed by atoms with Gasteiger partial charge < -0.3 is 4.74 Å². The molecule has 0 N–H and O–H groups in total. The first kappa shape index (κ1) is 15.5. The molecule has 1 unspecified atom stereocenters. The van der Waals surface area contributed by atoms with Crippen molar-refractivity contribution >= 4 is 29.3 Å². The molecule has 21 heavy (non-hydrogen) atoms. The Bertz CT molecular complexity index is 645. The van der Waals surface area contributed by atoms with Crippen LogP contribution in [0.4, 0.5) is 0 Å². The zero-order chi connectivity index (χ0) is 15.6. The smallest absolute Gasteiger partial charge is 0.319 e. The van der Waals surface area contributed by atoms with Crippen LogP contribution in [0.3, 0.4) is 0 Å². The van der Waals surface area contributed by atoms with Crippen LogP contribution < -0.4 is 0 Å². The normalized spacial score (nSPS) is 15.8. The monoisotopic (exact) mass is 304 g/mol. The first-order valence-electron chi connectivity index (χ1n) is 6.70. The van der Waals surface area contributed by atoms with Crippen LogP contribution in [-0.4, -0.2) is 29.4 Å². The number of ketones is 2. The van der Waals surface area contributed by atoms with Gasteiger partial charge in [0, 0.05) is 16.7 Å². The van der Waals surface area contributed by atoms with E-state index in [0.717, 1.165) is 11.8 Å². The molecule has 0 aromatic heterocycles. The summed E-state index contributed by atoms with van der Waals surface area (Å²) in [6.07, 6.45) is 0. The number of hydrogen-bond acceptors (Lipinski definition) is 5. The lowest BCUT2D eigenvalue weighted by Gasteiger charge is -2.20. The molecule has 0 fully saturated rings. The molecule has 0 heterocycles. The summed E-state index contributed by atoms with van der Waals surface area (Å²) in [6, 6.07) is 6.74. The maximum absolute atomic E-state index is 12.5. The molecule has 4 nitrogen and oxygen atoms in total. The number of ether oxygens (including phenoxy) is 1. The topological polar surface area (TPSA) is 60.4 Å². The van der Waals surface area contributed by atoms with E-state index in [1.54, 1.807) is 45.0 Å². The fourth-order valence-electron chi connectivity index (χ4n) is 2.10. The van der Waals surface area contributed by atoms with E-state index in [2.05, 4.69) is 0 Å². The highest BCUT2D eigenvalue weighted by molar-refractivity contribution is 8.05. The van der Waals surface area contributed by atoms with Crippen molar-refractivity contribution in [2.24, 2.45) is 0 Å². The minimum atomic E-state index is -0.531. The van der Waals surface area contributed by atoms with Crippen molar-refractivity contribution in [3.8, 4) is 0 Å². The molecule has 2 rings (SSSR count). The summed E-state index contributed by atoms with van der Waals surface area (Å²) >= 11 is 1.09. The van der Waals surface area contributed by atoms with E-state index in [9.17, 15) is 14.4 Å². The first-order valence-corrected chi connectivity index (χ1v) is 7.58. The predicted molar refractivity (Wildman–Crippen MR) is 81.5 cm³/mol. The number of benzene rings is 1. The van der Waals surface area contributed by atoms with Crippen LogP contribution in [0.5, 0.6) is 0 Å². The number of fused-ring (bicyclic) bond motifs is 1. The second-order valence-electron chi connectivity index (χ2n) is 4.67. The molecular formula is C16H16O4S. The second-order valence-corrected chi connectivity index (χ2v) is 6.02. The quantitative estimate of drug-likeness (QED) is 0.800. The van der Waals surface area contributed by atoms with Gasteiger partial charge in [0.15, 0.2) is 5.78 Å². The molecule has 1 aromatic carbocycles. The molecule has 1 aliphatic carbocycles. The van der Waals surface area contributed by atoms with E-state index in [0.29, 0.717) is 21.6 Å². The maximum Gasteiger partial charge on any atom is 0.319 e. The van der Waals surface area contributed by atoms with Crippen LogP contribution in [0.15, 0.2) is 34.7 Å². The van der Waals surface area contributed by atoms with E-state index in [1.807, 2.05) is 0 Å². The van der Waals surface area contributed by atoms with Gasteiger partial charge in [-0.05, 0) is 20.8 Å². The zero-order valence-electron chi connectivity index (χ0n) is 12.1. The highest BCUT2D eigenvalue weighted by atomic mass is 32.2. The summed E-state index contributed by atoms with van der Waals surface area (Å²) < 4.78 is 4.93. The summed E-state index contributed by atoms with van der Waals surface area (Å²) in [6.45, 7) is 5.31. The van der Waals surface area contributed by atoms with Crippen molar-refractivity contribution in [3.63, 3.8) is 0 Å². The predicted octanol–water partition coefficient (Wildman–Crippen LogP) is 3.02.